The minimum atomic E-state index is 0.957. The van der Waals surface area contributed by atoms with E-state index >= 15 is 0 Å². The van der Waals surface area contributed by atoms with Crippen molar-refractivity contribution < 1.29 is 0 Å². The van der Waals surface area contributed by atoms with Crippen LogP contribution in [-0.2, 0) is 0 Å². The number of unbranched alkanes of at least 4 members (excludes halogenated alkanes) is 7. The number of benzene rings is 1. The second-order valence-electron chi connectivity index (χ2n) is 5.62. The van der Waals surface area contributed by atoms with Gasteiger partial charge in [-0.3, -0.25) is 4.98 Å². The van der Waals surface area contributed by atoms with Crippen LogP contribution in [0.4, 0.5) is 0 Å². The summed E-state index contributed by atoms with van der Waals surface area (Å²) in [4.78, 5) is 8.53. The third-order valence-electron chi connectivity index (χ3n) is 3.53. The Kier molecular flexibility index (Phi) is 9.43. The molecule has 0 aliphatic carbocycles. The third kappa shape index (κ3) is 7.79. The molecule has 0 saturated heterocycles. The summed E-state index contributed by atoms with van der Waals surface area (Å²) < 4.78 is 0. The Morgan fingerprint density at radius 1 is 0.762 bits per heavy atom. The summed E-state index contributed by atoms with van der Waals surface area (Å²) in [5.41, 5.74) is 2.88. The van der Waals surface area contributed by atoms with E-state index in [1.165, 1.54) is 51.4 Å². The van der Waals surface area contributed by atoms with E-state index < -0.39 is 0 Å². The molecule has 0 amide bonds. The van der Waals surface area contributed by atoms with E-state index in [2.05, 4.69) is 23.8 Å². The van der Waals surface area contributed by atoms with Crippen LogP contribution in [0.2, 0.25) is 0 Å². The van der Waals surface area contributed by atoms with Crippen LogP contribution in [0.1, 0.15) is 70.9 Å². The first kappa shape index (κ1) is 17.6. The summed E-state index contributed by atoms with van der Waals surface area (Å²) in [6, 6.07) is 7.86. The average Bonchev–Trinajstić information content (AvgIpc) is 2.51. The molecule has 1 aromatic heterocycles. The molecule has 2 nitrogen and oxygen atoms in total. The Balaban J connectivity index is 0.000000212. The molecule has 1 heterocycles. The van der Waals surface area contributed by atoms with Gasteiger partial charge in [0.05, 0.1) is 16.7 Å². The van der Waals surface area contributed by atoms with Gasteiger partial charge in [-0.25, -0.2) is 4.98 Å². The van der Waals surface area contributed by atoms with Gasteiger partial charge in [0.15, 0.2) is 0 Å². The maximum Gasteiger partial charge on any atom is 0.0889 e. The van der Waals surface area contributed by atoms with Gasteiger partial charge in [0, 0.05) is 6.20 Å². The molecule has 0 saturated carbocycles. The minimum absolute atomic E-state index is 0.957. The Labute approximate surface area is 130 Å². The van der Waals surface area contributed by atoms with Gasteiger partial charge in [0.25, 0.3) is 0 Å². The Morgan fingerprint density at radius 3 is 1.86 bits per heavy atom. The van der Waals surface area contributed by atoms with Crippen molar-refractivity contribution in [2.75, 3.05) is 0 Å². The summed E-state index contributed by atoms with van der Waals surface area (Å²) in [7, 11) is 0. The normalized spacial score (nSPS) is 10.2. The summed E-state index contributed by atoms with van der Waals surface area (Å²) in [6.07, 6.45) is 13.2. The molecule has 0 spiro atoms. The van der Waals surface area contributed by atoms with Crippen molar-refractivity contribution in [2.45, 2.75) is 72.1 Å². The van der Waals surface area contributed by atoms with Crippen LogP contribution >= 0.6 is 0 Å². The van der Waals surface area contributed by atoms with E-state index in [0.717, 1.165) is 16.7 Å². The zero-order chi connectivity index (χ0) is 15.3. The maximum absolute atomic E-state index is 4.31. The highest BCUT2D eigenvalue weighted by Gasteiger charge is 1.92. The molecule has 0 aliphatic rings. The van der Waals surface area contributed by atoms with Gasteiger partial charge in [-0.1, -0.05) is 77.3 Å². The van der Waals surface area contributed by atoms with Crippen LogP contribution in [0, 0.1) is 6.92 Å². The number of hydrogen-bond donors (Lipinski definition) is 0. The first-order valence-electron chi connectivity index (χ1n) is 8.46. The number of rotatable bonds is 7. The van der Waals surface area contributed by atoms with Gasteiger partial charge in [0.2, 0.25) is 0 Å². The monoisotopic (exact) mass is 286 g/mol. The second-order valence-corrected chi connectivity index (χ2v) is 5.62. The Bertz CT molecular complexity index is 486. The van der Waals surface area contributed by atoms with E-state index in [9.17, 15) is 0 Å². The minimum Gasteiger partial charge on any atom is -0.253 e. The topological polar surface area (TPSA) is 25.8 Å². The number of hydrogen-bond acceptors (Lipinski definition) is 2. The second kappa shape index (κ2) is 11.2. The molecule has 0 aliphatic heterocycles. The highest BCUT2D eigenvalue weighted by molar-refractivity contribution is 5.73. The predicted octanol–water partition coefficient (Wildman–Crippen LogP) is 6.09. The molecule has 116 valence electrons. The van der Waals surface area contributed by atoms with Crippen molar-refractivity contribution in [3.8, 4) is 0 Å². The third-order valence-corrected chi connectivity index (χ3v) is 3.53. The van der Waals surface area contributed by atoms with Crippen molar-refractivity contribution >= 4 is 11.0 Å². The van der Waals surface area contributed by atoms with Gasteiger partial charge < -0.3 is 0 Å². The largest absolute Gasteiger partial charge is 0.253 e. The zero-order valence-electron chi connectivity index (χ0n) is 13.9. The van der Waals surface area contributed by atoms with E-state index in [4.69, 9.17) is 0 Å². The Hall–Kier alpha value is -1.44. The fourth-order valence-electron chi connectivity index (χ4n) is 2.26. The summed E-state index contributed by atoms with van der Waals surface area (Å²) in [6.45, 7) is 6.48. The van der Waals surface area contributed by atoms with Crippen LogP contribution in [0.3, 0.4) is 0 Å². The molecule has 21 heavy (non-hydrogen) atoms. The highest BCUT2D eigenvalue weighted by atomic mass is 14.8. The number of fused-ring (bicyclic) bond motifs is 1. The smallest absolute Gasteiger partial charge is 0.0889 e. The molecule has 0 fully saturated rings. The van der Waals surface area contributed by atoms with Gasteiger partial charge >= 0.3 is 0 Å². The number of aryl methyl sites for hydroxylation is 1. The molecule has 1 aromatic carbocycles. The number of nitrogens with zero attached hydrogens (tertiary/aromatic N) is 2. The molecule has 0 atom stereocenters. The quantitative estimate of drug-likeness (QED) is 0.576. The molecule has 2 heteroatoms. The Morgan fingerprint density at radius 2 is 1.29 bits per heavy atom. The van der Waals surface area contributed by atoms with Crippen LogP contribution in [0.15, 0.2) is 30.5 Å². The number of aromatic nitrogens is 2. The van der Waals surface area contributed by atoms with Gasteiger partial charge in [-0.2, -0.15) is 0 Å². The molecule has 0 unspecified atom stereocenters. The van der Waals surface area contributed by atoms with Crippen LogP contribution in [0.25, 0.3) is 11.0 Å². The van der Waals surface area contributed by atoms with Crippen molar-refractivity contribution in [3.63, 3.8) is 0 Å². The first-order chi connectivity index (χ1) is 10.3. The van der Waals surface area contributed by atoms with E-state index in [-0.39, 0.29) is 0 Å². The van der Waals surface area contributed by atoms with Crippen LogP contribution in [-0.4, -0.2) is 9.97 Å². The molecule has 2 rings (SSSR count). The molecule has 0 bridgehead atoms. The van der Waals surface area contributed by atoms with Gasteiger partial charge in [0.1, 0.15) is 0 Å². The molecule has 0 N–H and O–H groups in total. The van der Waals surface area contributed by atoms with Crippen LogP contribution < -0.4 is 0 Å². The van der Waals surface area contributed by atoms with Gasteiger partial charge in [-0.05, 0) is 19.1 Å². The van der Waals surface area contributed by atoms with E-state index in [0.29, 0.717) is 0 Å². The van der Waals surface area contributed by atoms with Crippen molar-refractivity contribution in [1.29, 1.82) is 0 Å². The van der Waals surface area contributed by atoms with Crippen molar-refractivity contribution in [2.24, 2.45) is 0 Å². The lowest BCUT2D eigenvalue weighted by Crippen LogP contribution is -1.85. The first-order valence-corrected chi connectivity index (χ1v) is 8.46. The molecular formula is C19H30N2. The summed E-state index contributed by atoms with van der Waals surface area (Å²) in [5, 5.41) is 0. The number of para-hydroxylation sites is 2. The standard InChI is InChI=1S/C10H22.C9H8N2/c1-3-5-7-9-10-8-6-4-2;1-7-6-10-8-4-2-3-5-9(8)11-7/h3-10H2,1-2H3;2-6H,1H3. The molecule has 2 aromatic rings. The summed E-state index contributed by atoms with van der Waals surface area (Å²) >= 11 is 0. The van der Waals surface area contributed by atoms with E-state index in [1.54, 1.807) is 6.20 Å². The predicted molar refractivity (Wildman–Crippen MR) is 92.6 cm³/mol. The lowest BCUT2D eigenvalue weighted by Gasteiger charge is -1.97. The SMILES string of the molecule is CCCCCCCCCC.Cc1cnc2ccccc2n1. The lowest BCUT2D eigenvalue weighted by atomic mass is 10.1. The maximum atomic E-state index is 4.31. The zero-order valence-corrected chi connectivity index (χ0v) is 13.9. The molecule has 0 radical (unpaired) electrons. The fourth-order valence-corrected chi connectivity index (χ4v) is 2.26. The highest BCUT2D eigenvalue weighted by Crippen LogP contribution is 2.08. The molecular weight excluding hydrogens is 256 g/mol. The van der Waals surface area contributed by atoms with E-state index in [1.807, 2.05) is 31.2 Å². The van der Waals surface area contributed by atoms with Crippen molar-refractivity contribution in [1.82, 2.24) is 9.97 Å². The van der Waals surface area contributed by atoms with Crippen LogP contribution in [0.5, 0.6) is 0 Å². The lowest BCUT2D eigenvalue weighted by molar-refractivity contribution is 0.585. The van der Waals surface area contributed by atoms with Crippen molar-refractivity contribution in [3.05, 3.63) is 36.2 Å². The average molecular weight is 286 g/mol. The van der Waals surface area contributed by atoms with Gasteiger partial charge in [-0.15, -0.1) is 0 Å². The summed E-state index contributed by atoms with van der Waals surface area (Å²) in [5.74, 6) is 0. The fraction of sp³-hybridized carbons (Fsp3) is 0.579.